The van der Waals surface area contributed by atoms with Gasteiger partial charge in [0.2, 0.25) is 35.4 Å². The van der Waals surface area contributed by atoms with Crippen LogP contribution in [0, 0.1) is 11.8 Å². The number of nitrogens with one attached hydrogen (secondary N) is 4. The topological polar surface area (TPSA) is 241 Å². The third kappa shape index (κ3) is 15.4. The maximum atomic E-state index is 12.7. The molecule has 1 heterocycles. The van der Waals surface area contributed by atoms with Crippen molar-refractivity contribution in [1.82, 2.24) is 26.3 Å². The highest BCUT2D eigenvalue weighted by atomic mass is 16.5. The number of esters is 2. The van der Waals surface area contributed by atoms with E-state index in [2.05, 4.69) is 26.3 Å². The molecule has 0 aromatic carbocycles. The summed E-state index contributed by atoms with van der Waals surface area (Å²) in [5.74, 6) is -3.87. The van der Waals surface area contributed by atoms with Gasteiger partial charge in [0.15, 0.2) is 0 Å². The van der Waals surface area contributed by atoms with E-state index in [4.69, 9.17) is 18.9 Å². The average Bonchev–Trinajstić information content (AvgIpc) is 3.06. The van der Waals surface area contributed by atoms with Crippen LogP contribution in [0.3, 0.4) is 0 Å². The maximum absolute atomic E-state index is 12.7. The minimum Gasteiger partial charge on any atom is -0.478 e. The van der Waals surface area contributed by atoms with Gasteiger partial charge >= 0.3 is 11.9 Å². The van der Waals surface area contributed by atoms with Crippen molar-refractivity contribution in [3.05, 3.63) is 18.2 Å². The first-order valence-corrected chi connectivity index (χ1v) is 16.5. The highest BCUT2D eigenvalue weighted by Gasteiger charge is 2.33. The van der Waals surface area contributed by atoms with Gasteiger partial charge in [-0.3, -0.25) is 19.2 Å². The van der Waals surface area contributed by atoms with E-state index in [0.717, 1.165) is 0 Å². The summed E-state index contributed by atoms with van der Waals surface area (Å²) < 4.78 is 20.6. The Labute approximate surface area is 292 Å². The smallest absolute Gasteiger partial charge is 0.328 e. The van der Waals surface area contributed by atoms with E-state index in [1.54, 1.807) is 45.9 Å². The summed E-state index contributed by atoms with van der Waals surface area (Å²) in [6.45, 7) is 9.76. The van der Waals surface area contributed by atoms with Crippen LogP contribution >= 0.6 is 0 Å². The van der Waals surface area contributed by atoms with Crippen molar-refractivity contribution >= 4 is 35.6 Å². The van der Waals surface area contributed by atoms with Gasteiger partial charge in [-0.25, -0.2) is 9.59 Å². The standard InChI is InChI=1S/C33H53N5O12/c1-18(2)26(32(45)47-7)37-30(43)28(20(5)39)34-22(41)12-10-16-49-24-14-9-15-25(36-24)50-17-11-13-23(42)35-29(21(6)40)31(44)38-27(19(3)4)33(46)48-8/h9,14-15,18-21,26-29,39-40H,10-13,16-17H2,1-8H3,(H,34,41)(H,35,42)(H,37,43)(H,38,44)/t20?,21?,26-,27-,28-,29-/m0/s1. The Balaban J connectivity index is 2.53. The van der Waals surface area contributed by atoms with Crippen LogP contribution in [0.15, 0.2) is 18.2 Å². The van der Waals surface area contributed by atoms with Gasteiger partial charge in [0.05, 0.1) is 39.6 Å². The Bertz CT molecular complexity index is 1180. The van der Waals surface area contributed by atoms with Crippen molar-refractivity contribution in [1.29, 1.82) is 0 Å². The molecule has 1 rings (SSSR count). The number of nitrogens with zero attached hydrogens (tertiary/aromatic N) is 1. The van der Waals surface area contributed by atoms with Gasteiger partial charge in [0, 0.05) is 25.0 Å². The number of aliphatic hydroxyl groups is 2. The van der Waals surface area contributed by atoms with E-state index in [1.165, 1.54) is 28.1 Å². The van der Waals surface area contributed by atoms with Gasteiger partial charge in [0.1, 0.15) is 24.2 Å². The van der Waals surface area contributed by atoms with Gasteiger partial charge in [-0.15, -0.1) is 0 Å². The fourth-order valence-corrected chi connectivity index (χ4v) is 4.41. The molecule has 0 aliphatic heterocycles. The Morgan fingerprint density at radius 2 is 0.980 bits per heavy atom. The SMILES string of the molecule is COC(=O)[C@@H](NC(=O)[C@@H](NC(=O)CCCOc1cccc(OCCCC(=O)N[C@H](C(=O)N[C@H](C(=O)OC)C(C)C)C(C)O)n1)C(C)O)C(C)C. The maximum Gasteiger partial charge on any atom is 0.328 e. The first-order valence-electron chi connectivity index (χ1n) is 16.5. The summed E-state index contributed by atoms with van der Waals surface area (Å²) in [7, 11) is 2.40. The van der Waals surface area contributed by atoms with Crippen molar-refractivity contribution in [2.24, 2.45) is 11.8 Å². The number of aromatic nitrogens is 1. The molecule has 2 unspecified atom stereocenters. The quantitative estimate of drug-likeness (QED) is 0.0673. The number of hydrogen-bond acceptors (Lipinski definition) is 13. The molecule has 0 aliphatic rings. The number of pyridine rings is 1. The van der Waals surface area contributed by atoms with Crippen LogP contribution in [-0.2, 0) is 38.2 Å². The molecule has 17 heteroatoms. The summed E-state index contributed by atoms with van der Waals surface area (Å²) >= 11 is 0. The van der Waals surface area contributed by atoms with E-state index in [1.807, 2.05) is 0 Å². The lowest BCUT2D eigenvalue weighted by molar-refractivity contribution is -0.147. The molecule has 4 amide bonds. The number of hydrogen-bond donors (Lipinski definition) is 6. The fourth-order valence-electron chi connectivity index (χ4n) is 4.41. The number of carbonyl (C=O) groups excluding carboxylic acids is 6. The first-order chi connectivity index (χ1) is 23.5. The third-order valence-corrected chi connectivity index (χ3v) is 7.30. The van der Waals surface area contributed by atoms with E-state index >= 15 is 0 Å². The molecule has 1 aromatic rings. The second-order valence-electron chi connectivity index (χ2n) is 12.3. The molecule has 6 atom stereocenters. The predicted octanol–water partition coefficient (Wildman–Crippen LogP) is -0.242. The van der Waals surface area contributed by atoms with Crippen molar-refractivity contribution in [3.8, 4) is 11.8 Å². The molecular formula is C33H53N5O12. The van der Waals surface area contributed by atoms with Crippen molar-refractivity contribution in [2.75, 3.05) is 27.4 Å². The van der Waals surface area contributed by atoms with E-state index in [-0.39, 0.29) is 62.5 Å². The number of amides is 4. The van der Waals surface area contributed by atoms with E-state index < -0.39 is 71.9 Å². The minimum absolute atomic E-state index is 0.0273. The fraction of sp³-hybridized carbons (Fsp3) is 0.667. The molecular weight excluding hydrogens is 658 g/mol. The predicted molar refractivity (Wildman–Crippen MR) is 178 cm³/mol. The molecule has 0 radical (unpaired) electrons. The second-order valence-corrected chi connectivity index (χ2v) is 12.3. The van der Waals surface area contributed by atoms with Crippen molar-refractivity contribution in [3.63, 3.8) is 0 Å². The number of methoxy groups -OCH3 is 2. The number of aliphatic hydroxyl groups excluding tert-OH is 2. The molecule has 50 heavy (non-hydrogen) atoms. The monoisotopic (exact) mass is 711 g/mol. The van der Waals surface area contributed by atoms with Crippen LogP contribution in [0.5, 0.6) is 11.8 Å². The second kappa shape index (κ2) is 22.3. The van der Waals surface area contributed by atoms with Crippen molar-refractivity contribution < 1.29 is 57.9 Å². The van der Waals surface area contributed by atoms with Crippen LogP contribution in [0.4, 0.5) is 0 Å². The van der Waals surface area contributed by atoms with Gasteiger partial charge in [-0.05, 0) is 38.5 Å². The Morgan fingerprint density at radius 1 is 0.620 bits per heavy atom. The summed E-state index contributed by atoms with van der Waals surface area (Å²) in [6, 6.07) is 0.359. The number of rotatable bonds is 22. The molecule has 0 saturated carbocycles. The van der Waals surface area contributed by atoms with Crippen LogP contribution in [-0.4, -0.2) is 115 Å². The molecule has 6 N–H and O–H groups in total. The van der Waals surface area contributed by atoms with Crippen LogP contribution in [0.25, 0.3) is 0 Å². The van der Waals surface area contributed by atoms with Gasteiger partial charge in [-0.1, -0.05) is 33.8 Å². The lowest BCUT2D eigenvalue weighted by Gasteiger charge is -2.25. The average molecular weight is 712 g/mol. The zero-order valence-corrected chi connectivity index (χ0v) is 30.0. The molecule has 0 spiro atoms. The highest BCUT2D eigenvalue weighted by Crippen LogP contribution is 2.15. The summed E-state index contributed by atoms with van der Waals surface area (Å²) in [5.41, 5.74) is 0. The van der Waals surface area contributed by atoms with Gasteiger partial charge < -0.3 is 50.4 Å². The zero-order chi connectivity index (χ0) is 38.0. The summed E-state index contributed by atoms with van der Waals surface area (Å²) in [6.07, 6.45) is -2.00. The third-order valence-electron chi connectivity index (χ3n) is 7.30. The number of carbonyl (C=O) groups is 6. The van der Waals surface area contributed by atoms with E-state index in [0.29, 0.717) is 0 Å². The van der Waals surface area contributed by atoms with Crippen LogP contribution in [0.1, 0.15) is 67.2 Å². The lowest BCUT2D eigenvalue weighted by atomic mass is 10.0. The molecule has 0 fully saturated rings. The molecule has 0 bridgehead atoms. The molecule has 0 saturated heterocycles. The molecule has 1 aromatic heterocycles. The first kappa shape index (κ1) is 43.5. The summed E-state index contributed by atoms with van der Waals surface area (Å²) in [5, 5.41) is 30.1. The largest absolute Gasteiger partial charge is 0.478 e. The molecule has 17 nitrogen and oxygen atoms in total. The summed E-state index contributed by atoms with van der Waals surface area (Å²) in [4.78, 5) is 78.6. The van der Waals surface area contributed by atoms with Crippen LogP contribution < -0.4 is 30.7 Å². The number of ether oxygens (including phenoxy) is 4. The lowest BCUT2D eigenvalue weighted by Crippen LogP contribution is -2.56. The molecule has 282 valence electrons. The van der Waals surface area contributed by atoms with E-state index in [9.17, 15) is 39.0 Å². The minimum atomic E-state index is -1.29. The van der Waals surface area contributed by atoms with Gasteiger partial charge in [0.25, 0.3) is 0 Å². The normalized spacial score (nSPS) is 14.6. The van der Waals surface area contributed by atoms with Crippen molar-refractivity contribution in [2.45, 2.75) is 104 Å². The Hall–Kier alpha value is -4.51. The Kier molecular flexibility index (Phi) is 19.4. The van der Waals surface area contributed by atoms with Crippen LogP contribution in [0.2, 0.25) is 0 Å². The highest BCUT2D eigenvalue weighted by molar-refractivity contribution is 5.92. The zero-order valence-electron chi connectivity index (χ0n) is 30.0. The van der Waals surface area contributed by atoms with Gasteiger partial charge in [-0.2, -0.15) is 4.98 Å². The Morgan fingerprint density at radius 3 is 1.28 bits per heavy atom. The molecule has 0 aliphatic carbocycles.